The second-order valence-corrected chi connectivity index (χ2v) is 10.3. The molecule has 3 aromatic rings. The molecule has 14 heteroatoms. The second-order valence-electron chi connectivity index (χ2n) is 10.3. The predicted molar refractivity (Wildman–Crippen MR) is 149 cm³/mol. The van der Waals surface area contributed by atoms with E-state index in [1.165, 1.54) is 6.07 Å². The number of nitrogens with one attached hydrogen (secondary N) is 2. The lowest BCUT2D eigenvalue weighted by Crippen LogP contribution is -2.56. The van der Waals surface area contributed by atoms with E-state index < -0.39 is 18.6 Å². The summed E-state index contributed by atoms with van der Waals surface area (Å²) in [6.45, 7) is 5.20. The van der Waals surface area contributed by atoms with Crippen LogP contribution in [0.3, 0.4) is 0 Å². The lowest BCUT2D eigenvalue weighted by molar-refractivity contribution is -0.109. The van der Waals surface area contributed by atoms with Gasteiger partial charge in [0, 0.05) is 38.8 Å². The molecule has 3 aliphatic heterocycles. The molecular weight excluding hydrogens is 548 g/mol. The summed E-state index contributed by atoms with van der Waals surface area (Å²) in [5.41, 5.74) is 1.62. The molecule has 3 aliphatic rings. The van der Waals surface area contributed by atoms with Gasteiger partial charge in [-0.15, -0.1) is 0 Å². The number of anilines is 3. The summed E-state index contributed by atoms with van der Waals surface area (Å²) >= 11 is 0. The van der Waals surface area contributed by atoms with Gasteiger partial charge in [-0.05, 0) is 36.9 Å². The number of hydrogen-bond acceptors (Lipinski definition) is 12. The van der Waals surface area contributed by atoms with Gasteiger partial charge < -0.3 is 29.7 Å². The van der Waals surface area contributed by atoms with Gasteiger partial charge in [0.05, 0.1) is 44.3 Å². The standard InChI is InChI=1S/C28H31F2N9O3/c1-40-26-22(39-12-10-38(11-13-39)18-15-41-16-18)3-5-25(36-26)37-27-33-9-6-20(35-27)19-2-4-23(21(14-31)34-19)42-24-7-8-32-17-28(24,29)30/h2-6,9,18,24,32H,7-8,10-13,15-17H2,1H3,(H,33,35,36,37). The van der Waals surface area contributed by atoms with E-state index in [-0.39, 0.29) is 23.8 Å². The van der Waals surface area contributed by atoms with Crippen LogP contribution in [-0.2, 0) is 4.74 Å². The van der Waals surface area contributed by atoms with E-state index in [2.05, 4.69) is 40.4 Å². The van der Waals surface area contributed by atoms with Crippen molar-refractivity contribution in [2.75, 3.05) is 69.8 Å². The molecule has 3 fully saturated rings. The summed E-state index contributed by atoms with van der Waals surface area (Å²) in [6.07, 6.45) is 0.334. The summed E-state index contributed by atoms with van der Waals surface area (Å²) in [5, 5.41) is 15.4. The molecule has 12 nitrogen and oxygen atoms in total. The fraction of sp³-hybridized carbons (Fsp3) is 0.464. The number of nitrogens with zero attached hydrogens (tertiary/aromatic N) is 7. The van der Waals surface area contributed by atoms with Crippen molar-refractivity contribution in [1.29, 1.82) is 5.26 Å². The Labute approximate surface area is 241 Å². The zero-order valence-electron chi connectivity index (χ0n) is 23.1. The number of ether oxygens (including phenoxy) is 3. The summed E-state index contributed by atoms with van der Waals surface area (Å²) in [4.78, 5) is 22.5. The highest BCUT2D eigenvalue weighted by molar-refractivity contribution is 5.63. The van der Waals surface area contributed by atoms with Gasteiger partial charge in [-0.3, -0.25) is 4.90 Å². The number of piperidine rings is 1. The first-order valence-corrected chi connectivity index (χ1v) is 13.8. The summed E-state index contributed by atoms with van der Waals surface area (Å²) in [7, 11) is 1.59. The molecule has 1 unspecified atom stereocenters. The largest absolute Gasteiger partial charge is 0.481 e. The van der Waals surface area contributed by atoms with Gasteiger partial charge in [-0.2, -0.15) is 10.2 Å². The van der Waals surface area contributed by atoms with Crippen molar-refractivity contribution in [3.8, 4) is 29.1 Å². The van der Waals surface area contributed by atoms with Crippen LogP contribution in [0.2, 0.25) is 0 Å². The summed E-state index contributed by atoms with van der Waals surface area (Å²) in [6, 6.07) is 11.0. The van der Waals surface area contributed by atoms with Crippen LogP contribution in [0.25, 0.3) is 11.4 Å². The average molecular weight is 580 g/mol. The summed E-state index contributed by atoms with van der Waals surface area (Å²) in [5.74, 6) is -1.79. The van der Waals surface area contributed by atoms with Crippen LogP contribution in [0, 0.1) is 11.3 Å². The number of pyridine rings is 2. The van der Waals surface area contributed by atoms with Gasteiger partial charge in [0.15, 0.2) is 17.5 Å². The number of aromatic nitrogens is 4. The van der Waals surface area contributed by atoms with Crippen LogP contribution in [-0.4, -0.2) is 102 Å². The fourth-order valence-electron chi connectivity index (χ4n) is 5.21. The molecule has 1 atom stereocenters. The van der Waals surface area contributed by atoms with Crippen LogP contribution in [0.1, 0.15) is 12.1 Å². The van der Waals surface area contributed by atoms with Crippen LogP contribution in [0.5, 0.6) is 11.6 Å². The van der Waals surface area contributed by atoms with E-state index in [0.29, 0.717) is 35.7 Å². The molecule has 2 N–H and O–H groups in total. The van der Waals surface area contributed by atoms with Gasteiger partial charge in [-0.1, -0.05) is 0 Å². The third-order valence-electron chi connectivity index (χ3n) is 7.63. The SMILES string of the molecule is COc1nc(Nc2nccc(-c3ccc(OC4CCNCC4(F)F)c(C#N)n3)n2)ccc1N1CCN(C2COC2)CC1. The predicted octanol–water partition coefficient (Wildman–Crippen LogP) is 2.45. The second kappa shape index (κ2) is 12.0. The Balaban J connectivity index is 1.15. The molecule has 0 spiro atoms. The topological polar surface area (TPSA) is 134 Å². The van der Waals surface area contributed by atoms with E-state index >= 15 is 0 Å². The maximum absolute atomic E-state index is 14.2. The van der Waals surface area contributed by atoms with Crippen molar-refractivity contribution in [1.82, 2.24) is 30.2 Å². The van der Waals surface area contributed by atoms with Crippen LogP contribution in [0.15, 0.2) is 36.5 Å². The molecule has 0 aromatic carbocycles. The first-order valence-electron chi connectivity index (χ1n) is 13.8. The highest BCUT2D eigenvalue weighted by Crippen LogP contribution is 2.32. The molecule has 0 saturated carbocycles. The molecule has 0 bridgehead atoms. The number of methoxy groups -OCH3 is 1. The number of hydrogen-bond donors (Lipinski definition) is 2. The van der Waals surface area contributed by atoms with Crippen molar-refractivity contribution in [2.45, 2.75) is 24.5 Å². The van der Waals surface area contributed by atoms with E-state index in [1.54, 1.807) is 25.4 Å². The normalized spacial score (nSPS) is 20.8. The Morgan fingerprint density at radius 2 is 1.88 bits per heavy atom. The Hall–Kier alpha value is -4.19. The van der Waals surface area contributed by atoms with Crippen LogP contribution < -0.4 is 25.0 Å². The molecule has 0 aliphatic carbocycles. The fourth-order valence-corrected chi connectivity index (χ4v) is 5.21. The van der Waals surface area contributed by atoms with E-state index in [1.807, 2.05) is 18.2 Å². The molecule has 0 amide bonds. The zero-order valence-corrected chi connectivity index (χ0v) is 23.1. The third kappa shape index (κ3) is 5.89. The Kier molecular flexibility index (Phi) is 7.96. The molecule has 6 rings (SSSR count). The number of alkyl halides is 2. The lowest BCUT2D eigenvalue weighted by Gasteiger charge is -2.43. The maximum Gasteiger partial charge on any atom is 0.296 e. The van der Waals surface area contributed by atoms with Crippen molar-refractivity contribution in [2.24, 2.45) is 0 Å². The van der Waals surface area contributed by atoms with Gasteiger partial charge in [0.1, 0.15) is 17.6 Å². The first-order chi connectivity index (χ1) is 20.4. The van der Waals surface area contributed by atoms with Crippen LogP contribution in [0.4, 0.5) is 26.2 Å². The van der Waals surface area contributed by atoms with Gasteiger partial charge >= 0.3 is 0 Å². The van der Waals surface area contributed by atoms with E-state index in [9.17, 15) is 14.0 Å². The average Bonchev–Trinajstić information content (AvgIpc) is 2.98. The number of piperazine rings is 1. The lowest BCUT2D eigenvalue weighted by atomic mass is 10.1. The molecule has 3 aromatic heterocycles. The van der Waals surface area contributed by atoms with Gasteiger partial charge in [0.2, 0.25) is 11.8 Å². The molecular formula is C28H31F2N9O3. The third-order valence-corrected chi connectivity index (χ3v) is 7.63. The zero-order chi connectivity index (χ0) is 29.1. The summed E-state index contributed by atoms with van der Waals surface area (Å²) < 4.78 is 45.0. The van der Waals surface area contributed by atoms with Crippen molar-refractivity contribution < 1.29 is 23.0 Å². The molecule has 3 saturated heterocycles. The first kappa shape index (κ1) is 28.0. The molecule has 0 radical (unpaired) electrons. The highest BCUT2D eigenvalue weighted by atomic mass is 19.3. The number of rotatable bonds is 8. The monoisotopic (exact) mass is 579 g/mol. The Morgan fingerprint density at radius 1 is 1.07 bits per heavy atom. The number of halogens is 2. The minimum absolute atomic E-state index is 0.00934. The molecule has 42 heavy (non-hydrogen) atoms. The Bertz CT molecular complexity index is 1460. The van der Waals surface area contributed by atoms with Gasteiger partial charge in [0.25, 0.3) is 5.92 Å². The van der Waals surface area contributed by atoms with E-state index in [0.717, 1.165) is 45.1 Å². The van der Waals surface area contributed by atoms with Gasteiger partial charge in [-0.25, -0.2) is 23.7 Å². The van der Waals surface area contributed by atoms with Crippen molar-refractivity contribution in [3.05, 3.63) is 42.2 Å². The smallest absolute Gasteiger partial charge is 0.296 e. The van der Waals surface area contributed by atoms with E-state index in [4.69, 9.17) is 14.2 Å². The minimum Gasteiger partial charge on any atom is -0.481 e. The van der Waals surface area contributed by atoms with Crippen LogP contribution >= 0.6 is 0 Å². The molecule has 6 heterocycles. The maximum atomic E-state index is 14.2. The highest BCUT2D eigenvalue weighted by Gasteiger charge is 2.43. The number of nitriles is 1. The van der Waals surface area contributed by atoms with Crippen molar-refractivity contribution >= 4 is 17.5 Å². The minimum atomic E-state index is -3.05. The Morgan fingerprint density at radius 3 is 2.60 bits per heavy atom. The van der Waals surface area contributed by atoms with Crippen molar-refractivity contribution in [3.63, 3.8) is 0 Å². The quantitative estimate of drug-likeness (QED) is 0.406. The molecule has 220 valence electrons.